The summed E-state index contributed by atoms with van der Waals surface area (Å²) in [4.78, 5) is 11.7. The Morgan fingerprint density at radius 3 is 2.95 bits per heavy atom. The molecule has 0 aliphatic carbocycles. The number of methoxy groups -OCH3 is 1. The largest absolute Gasteiger partial charge is 0.491 e. The first-order chi connectivity index (χ1) is 9.19. The molecule has 1 aromatic carbocycles. The van der Waals surface area contributed by atoms with E-state index in [2.05, 4.69) is 5.32 Å². The van der Waals surface area contributed by atoms with E-state index in [-0.39, 0.29) is 31.6 Å². The molecular formula is C13H19FN2O3. The molecule has 0 spiro atoms. The Bertz CT molecular complexity index is 397. The molecule has 0 aromatic heterocycles. The summed E-state index contributed by atoms with van der Waals surface area (Å²) < 4.78 is 22.2. The van der Waals surface area contributed by atoms with E-state index in [9.17, 15) is 9.18 Å². The molecule has 0 radical (unpaired) electrons. The summed E-state index contributed by atoms with van der Waals surface area (Å²) in [7, 11) is 1.51. The lowest BCUT2D eigenvalue weighted by atomic mass is 10.2. The number of rotatable bonds is 8. The predicted octanol–water partition coefficient (Wildman–Crippen LogP) is 1.34. The zero-order chi connectivity index (χ0) is 14.1. The van der Waals surface area contributed by atoms with Crippen LogP contribution >= 0.6 is 0 Å². The van der Waals surface area contributed by atoms with Gasteiger partial charge in [-0.05, 0) is 12.1 Å². The normalized spacial score (nSPS) is 11.9. The van der Waals surface area contributed by atoms with E-state index in [1.165, 1.54) is 7.11 Å². The smallest absolute Gasteiger partial charge is 0.227 e. The van der Waals surface area contributed by atoms with Crippen LogP contribution in [0.25, 0.3) is 0 Å². The van der Waals surface area contributed by atoms with Crippen molar-refractivity contribution in [2.24, 2.45) is 5.73 Å². The number of nitrogens with two attached hydrogens (primary N) is 1. The molecule has 1 unspecified atom stereocenters. The Morgan fingerprint density at radius 2 is 2.32 bits per heavy atom. The molecular weight excluding hydrogens is 251 g/mol. The zero-order valence-corrected chi connectivity index (χ0v) is 10.9. The lowest BCUT2D eigenvalue weighted by Gasteiger charge is -2.13. The lowest BCUT2D eigenvalue weighted by Crippen LogP contribution is -2.28. The number of hydrogen-bond acceptors (Lipinski definition) is 4. The lowest BCUT2D eigenvalue weighted by molar-refractivity contribution is -0.118. The van der Waals surface area contributed by atoms with Gasteiger partial charge in [0.15, 0.2) is 0 Å². The number of nitrogens with one attached hydrogen (secondary N) is 1. The molecule has 0 aliphatic heterocycles. The van der Waals surface area contributed by atoms with Crippen LogP contribution in [0.4, 0.5) is 10.1 Å². The SMILES string of the molecule is COC(CN)CC(=O)Nc1cccc(OCCF)c1. The van der Waals surface area contributed by atoms with Crippen LogP contribution in [0, 0.1) is 0 Å². The Balaban J connectivity index is 2.53. The van der Waals surface area contributed by atoms with Crippen molar-refractivity contribution in [2.75, 3.05) is 32.3 Å². The van der Waals surface area contributed by atoms with Crippen molar-refractivity contribution in [2.45, 2.75) is 12.5 Å². The van der Waals surface area contributed by atoms with E-state index >= 15 is 0 Å². The number of anilines is 1. The van der Waals surface area contributed by atoms with E-state index in [0.717, 1.165) is 0 Å². The Kier molecular flexibility index (Phi) is 6.84. The van der Waals surface area contributed by atoms with Crippen molar-refractivity contribution >= 4 is 11.6 Å². The molecule has 1 amide bonds. The van der Waals surface area contributed by atoms with E-state index in [0.29, 0.717) is 11.4 Å². The third-order valence-electron chi connectivity index (χ3n) is 2.47. The van der Waals surface area contributed by atoms with Crippen molar-refractivity contribution in [3.8, 4) is 5.75 Å². The minimum absolute atomic E-state index is 0.00365. The summed E-state index contributed by atoms with van der Waals surface area (Å²) in [6.07, 6.45) is -0.117. The van der Waals surface area contributed by atoms with Gasteiger partial charge in [0.25, 0.3) is 0 Å². The molecule has 3 N–H and O–H groups in total. The van der Waals surface area contributed by atoms with Crippen molar-refractivity contribution in [1.82, 2.24) is 0 Å². The first-order valence-corrected chi connectivity index (χ1v) is 6.01. The number of benzene rings is 1. The van der Waals surface area contributed by atoms with Gasteiger partial charge in [0.05, 0.1) is 12.5 Å². The van der Waals surface area contributed by atoms with Crippen LogP contribution < -0.4 is 15.8 Å². The average molecular weight is 270 g/mol. The molecule has 0 bridgehead atoms. The second-order valence-corrected chi connectivity index (χ2v) is 3.91. The molecule has 19 heavy (non-hydrogen) atoms. The van der Waals surface area contributed by atoms with Gasteiger partial charge >= 0.3 is 0 Å². The highest BCUT2D eigenvalue weighted by molar-refractivity contribution is 5.91. The van der Waals surface area contributed by atoms with Crippen molar-refractivity contribution in [3.05, 3.63) is 24.3 Å². The number of carbonyl (C=O) groups is 1. The summed E-state index contributed by atoms with van der Waals surface area (Å²) in [6, 6.07) is 6.78. The maximum atomic E-state index is 12.0. The maximum absolute atomic E-state index is 12.0. The molecule has 0 fully saturated rings. The molecule has 0 saturated carbocycles. The minimum Gasteiger partial charge on any atom is -0.491 e. The monoisotopic (exact) mass is 270 g/mol. The van der Waals surface area contributed by atoms with Crippen LogP contribution in [0.2, 0.25) is 0 Å². The Labute approximate surface area is 111 Å². The third-order valence-corrected chi connectivity index (χ3v) is 2.47. The van der Waals surface area contributed by atoms with Gasteiger partial charge in [-0.2, -0.15) is 0 Å². The number of carbonyl (C=O) groups excluding carboxylic acids is 1. The molecule has 5 nitrogen and oxygen atoms in total. The van der Waals surface area contributed by atoms with Crippen LogP contribution in [0.15, 0.2) is 24.3 Å². The Morgan fingerprint density at radius 1 is 1.53 bits per heavy atom. The van der Waals surface area contributed by atoms with Crippen LogP contribution in [-0.2, 0) is 9.53 Å². The van der Waals surface area contributed by atoms with Gasteiger partial charge in [-0.15, -0.1) is 0 Å². The molecule has 0 aliphatic rings. The van der Waals surface area contributed by atoms with Gasteiger partial charge in [0.2, 0.25) is 5.91 Å². The van der Waals surface area contributed by atoms with Gasteiger partial charge in [0.1, 0.15) is 19.0 Å². The number of hydrogen-bond donors (Lipinski definition) is 2. The van der Waals surface area contributed by atoms with E-state index in [1.807, 2.05) is 0 Å². The fourth-order valence-electron chi connectivity index (χ4n) is 1.50. The molecule has 106 valence electrons. The summed E-state index contributed by atoms with van der Waals surface area (Å²) >= 11 is 0. The van der Waals surface area contributed by atoms with Crippen molar-refractivity contribution < 1.29 is 18.7 Å². The van der Waals surface area contributed by atoms with Gasteiger partial charge in [-0.1, -0.05) is 6.07 Å². The summed E-state index contributed by atoms with van der Waals surface area (Å²) in [5.41, 5.74) is 6.03. The molecule has 0 saturated heterocycles. The second-order valence-electron chi connectivity index (χ2n) is 3.91. The average Bonchev–Trinajstić information content (AvgIpc) is 2.43. The standard InChI is InChI=1S/C13H19FN2O3/c1-18-12(9-15)8-13(17)16-10-3-2-4-11(7-10)19-6-5-14/h2-4,7,12H,5-6,8-9,15H2,1H3,(H,16,17). The van der Waals surface area contributed by atoms with E-state index in [4.69, 9.17) is 15.2 Å². The first-order valence-electron chi connectivity index (χ1n) is 6.01. The number of alkyl halides is 1. The molecule has 1 atom stereocenters. The quantitative estimate of drug-likeness (QED) is 0.747. The van der Waals surface area contributed by atoms with E-state index < -0.39 is 6.67 Å². The second kappa shape index (κ2) is 8.44. The highest BCUT2D eigenvalue weighted by Crippen LogP contribution is 2.17. The van der Waals surface area contributed by atoms with Crippen molar-refractivity contribution in [3.63, 3.8) is 0 Å². The molecule has 0 heterocycles. The highest BCUT2D eigenvalue weighted by Gasteiger charge is 2.11. The fourth-order valence-corrected chi connectivity index (χ4v) is 1.50. The zero-order valence-electron chi connectivity index (χ0n) is 10.9. The number of ether oxygens (including phenoxy) is 2. The van der Waals surface area contributed by atoms with Gasteiger partial charge in [-0.25, -0.2) is 4.39 Å². The Hall–Kier alpha value is -1.66. The molecule has 1 aromatic rings. The van der Waals surface area contributed by atoms with Crippen LogP contribution in [-0.4, -0.2) is 38.9 Å². The summed E-state index contributed by atoms with van der Waals surface area (Å²) in [5, 5.41) is 2.71. The number of halogens is 1. The predicted molar refractivity (Wildman–Crippen MR) is 71.0 cm³/mol. The van der Waals surface area contributed by atoms with Crippen LogP contribution in [0.5, 0.6) is 5.75 Å². The maximum Gasteiger partial charge on any atom is 0.227 e. The minimum atomic E-state index is -0.553. The van der Waals surface area contributed by atoms with Crippen molar-refractivity contribution in [1.29, 1.82) is 0 Å². The fraction of sp³-hybridized carbons (Fsp3) is 0.462. The molecule has 1 rings (SSSR count). The molecule has 6 heteroatoms. The van der Waals surface area contributed by atoms with Gasteiger partial charge < -0.3 is 20.5 Å². The first kappa shape index (κ1) is 15.4. The van der Waals surface area contributed by atoms with Gasteiger partial charge in [-0.3, -0.25) is 4.79 Å². The van der Waals surface area contributed by atoms with E-state index in [1.54, 1.807) is 24.3 Å². The summed E-state index contributed by atoms with van der Waals surface area (Å²) in [5.74, 6) is 0.317. The summed E-state index contributed by atoms with van der Waals surface area (Å²) in [6.45, 7) is -0.275. The van der Waals surface area contributed by atoms with Gasteiger partial charge in [0, 0.05) is 25.4 Å². The third kappa shape index (κ3) is 5.67. The number of amides is 1. The van der Waals surface area contributed by atoms with Crippen LogP contribution in [0.3, 0.4) is 0 Å². The highest BCUT2D eigenvalue weighted by atomic mass is 19.1. The topological polar surface area (TPSA) is 73.6 Å². The van der Waals surface area contributed by atoms with Crippen LogP contribution in [0.1, 0.15) is 6.42 Å².